The summed E-state index contributed by atoms with van der Waals surface area (Å²) in [6.07, 6.45) is 3.10. The number of unbranched alkanes of at least 4 members (excludes halogenated alkanes) is 2. The molecule has 0 aliphatic rings. The predicted molar refractivity (Wildman–Crippen MR) is 125 cm³/mol. The summed E-state index contributed by atoms with van der Waals surface area (Å²) in [6.45, 7) is 2.66. The van der Waals surface area contributed by atoms with Gasteiger partial charge in [-0.1, -0.05) is 96.4 Å². The SMILES string of the molecule is CCCCCOc1c(Cl)cc(C(=O)Nc2nnc(SCc3ccccc3)s2)cc1Cl. The summed E-state index contributed by atoms with van der Waals surface area (Å²) in [5.41, 5.74) is 1.53. The molecule has 0 unspecified atom stereocenters. The third-order valence-corrected chi connectivity index (χ3v) is 6.69. The highest BCUT2D eigenvalue weighted by atomic mass is 35.5. The Balaban J connectivity index is 1.58. The normalized spacial score (nSPS) is 10.8. The van der Waals surface area contributed by atoms with E-state index in [2.05, 4.69) is 34.6 Å². The Hall–Kier alpha value is -1.80. The molecule has 0 saturated carbocycles. The van der Waals surface area contributed by atoms with Gasteiger partial charge in [-0.05, 0) is 24.1 Å². The van der Waals surface area contributed by atoms with Crippen LogP contribution in [0, 0.1) is 0 Å². The first-order chi connectivity index (χ1) is 14.6. The summed E-state index contributed by atoms with van der Waals surface area (Å²) < 4.78 is 6.45. The molecule has 1 aromatic heterocycles. The quantitative estimate of drug-likeness (QED) is 0.192. The molecule has 0 aliphatic heterocycles. The molecule has 3 aromatic rings. The number of hydrogen-bond donors (Lipinski definition) is 1. The van der Waals surface area contributed by atoms with Crippen LogP contribution in [0.1, 0.15) is 42.1 Å². The second-order valence-electron chi connectivity index (χ2n) is 6.43. The van der Waals surface area contributed by atoms with Gasteiger partial charge in [0.05, 0.1) is 16.7 Å². The number of ether oxygens (including phenoxy) is 1. The zero-order valence-corrected chi connectivity index (χ0v) is 19.5. The number of nitrogens with one attached hydrogen (secondary N) is 1. The number of hydrogen-bond acceptors (Lipinski definition) is 6. The second-order valence-corrected chi connectivity index (χ2v) is 9.44. The molecular formula is C21H21Cl2N3O2S2. The van der Waals surface area contributed by atoms with Crippen molar-refractivity contribution in [3.05, 3.63) is 63.6 Å². The molecule has 2 aromatic carbocycles. The molecule has 3 rings (SSSR count). The van der Waals surface area contributed by atoms with Gasteiger partial charge < -0.3 is 4.74 Å². The molecule has 0 bridgehead atoms. The van der Waals surface area contributed by atoms with Gasteiger partial charge in [0.1, 0.15) is 0 Å². The van der Waals surface area contributed by atoms with E-state index in [-0.39, 0.29) is 5.91 Å². The van der Waals surface area contributed by atoms with E-state index < -0.39 is 0 Å². The maximum Gasteiger partial charge on any atom is 0.257 e. The van der Waals surface area contributed by atoms with Crippen molar-refractivity contribution in [2.24, 2.45) is 0 Å². The van der Waals surface area contributed by atoms with Crippen molar-refractivity contribution in [3.8, 4) is 5.75 Å². The van der Waals surface area contributed by atoms with Gasteiger partial charge in [0.15, 0.2) is 10.1 Å². The Labute approximate surface area is 194 Å². The number of carbonyl (C=O) groups excluding carboxylic acids is 1. The van der Waals surface area contributed by atoms with E-state index in [1.54, 1.807) is 23.9 Å². The van der Waals surface area contributed by atoms with Gasteiger partial charge in [-0.25, -0.2) is 0 Å². The first-order valence-corrected chi connectivity index (χ1v) is 12.1. The Morgan fingerprint density at radius 1 is 1.13 bits per heavy atom. The lowest BCUT2D eigenvalue weighted by molar-refractivity contribution is 0.102. The minimum atomic E-state index is -0.355. The maximum atomic E-state index is 12.6. The molecule has 0 spiro atoms. The van der Waals surface area contributed by atoms with E-state index in [9.17, 15) is 4.79 Å². The van der Waals surface area contributed by atoms with Crippen LogP contribution in [0.5, 0.6) is 5.75 Å². The summed E-state index contributed by atoms with van der Waals surface area (Å²) in [4.78, 5) is 12.6. The van der Waals surface area contributed by atoms with Crippen LogP contribution in [-0.2, 0) is 5.75 Å². The van der Waals surface area contributed by atoms with E-state index in [0.29, 0.717) is 33.1 Å². The molecule has 0 radical (unpaired) electrons. The Morgan fingerprint density at radius 2 is 1.87 bits per heavy atom. The average Bonchev–Trinajstić information content (AvgIpc) is 3.19. The summed E-state index contributed by atoms with van der Waals surface area (Å²) in [6, 6.07) is 13.2. The fraction of sp³-hybridized carbons (Fsp3) is 0.286. The van der Waals surface area contributed by atoms with Crippen LogP contribution < -0.4 is 10.1 Å². The van der Waals surface area contributed by atoms with Gasteiger partial charge in [0, 0.05) is 11.3 Å². The summed E-state index contributed by atoms with van der Waals surface area (Å²) in [5, 5.41) is 11.9. The summed E-state index contributed by atoms with van der Waals surface area (Å²) in [5.74, 6) is 0.836. The van der Waals surface area contributed by atoms with E-state index in [4.69, 9.17) is 27.9 Å². The van der Waals surface area contributed by atoms with Crippen LogP contribution in [0.25, 0.3) is 0 Å². The first kappa shape index (κ1) is 22.9. The van der Waals surface area contributed by atoms with Crippen molar-refractivity contribution >= 4 is 57.3 Å². The lowest BCUT2D eigenvalue weighted by atomic mass is 10.2. The van der Waals surface area contributed by atoms with E-state index >= 15 is 0 Å². The number of carbonyl (C=O) groups is 1. The van der Waals surface area contributed by atoms with Crippen LogP contribution in [0.2, 0.25) is 10.0 Å². The van der Waals surface area contributed by atoms with Crippen molar-refractivity contribution in [2.45, 2.75) is 36.3 Å². The van der Waals surface area contributed by atoms with E-state index in [1.807, 2.05) is 18.2 Å². The highest BCUT2D eigenvalue weighted by molar-refractivity contribution is 8.00. The standard InChI is InChI=1S/C21H21Cl2N3O2S2/c1-2-3-7-10-28-18-16(22)11-15(12-17(18)23)19(27)24-20-25-26-21(30-20)29-13-14-8-5-4-6-9-14/h4-6,8-9,11-12H,2-3,7,10,13H2,1H3,(H,24,25,27). The van der Waals surface area contributed by atoms with Gasteiger partial charge in [0.25, 0.3) is 5.91 Å². The van der Waals surface area contributed by atoms with Gasteiger partial charge in [-0.15, -0.1) is 10.2 Å². The minimum Gasteiger partial charge on any atom is -0.490 e. The van der Waals surface area contributed by atoms with Crippen molar-refractivity contribution in [1.29, 1.82) is 0 Å². The zero-order chi connectivity index (χ0) is 21.3. The van der Waals surface area contributed by atoms with Crippen molar-refractivity contribution in [1.82, 2.24) is 10.2 Å². The number of anilines is 1. The molecule has 5 nitrogen and oxygen atoms in total. The van der Waals surface area contributed by atoms with Crippen LogP contribution in [-0.4, -0.2) is 22.7 Å². The van der Waals surface area contributed by atoms with Crippen LogP contribution in [0.15, 0.2) is 46.8 Å². The third kappa shape index (κ3) is 6.60. The van der Waals surface area contributed by atoms with Gasteiger partial charge in [-0.3, -0.25) is 10.1 Å². The highest BCUT2D eigenvalue weighted by Gasteiger charge is 2.16. The number of aromatic nitrogens is 2. The van der Waals surface area contributed by atoms with E-state index in [1.165, 1.54) is 16.9 Å². The third-order valence-electron chi connectivity index (χ3n) is 4.09. The van der Waals surface area contributed by atoms with Crippen molar-refractivity contribution in [3.63, 3.8) is 0 Å². The average molecular weight is 482 g/mol. The largest absolute Gasteiger partial charge is 0.490 e. The molecule has 9 heteroatoms. The van der Waals surface area contributed by atoms with Crippen LogP contribution in [0.4, 0.5) is 5.13 Å². The first-order valence-electron chi connectivity index (χ1n) is 9.50. The van der Waals surface area contributed by atoms with Gasteiger partial charge in [-0.2, -0.15) is 0 Å². The molecular weight excluding hydrogens is 461 g/mol. The van der Waals surface area contributed by atoms with Crippen LogP contribution >= 0.6 is 46.3 Å². The van der Waals surface area contributed by atoms with Gasteiger partial charge >= 0.3 is 0 Å². The number of thioether (sulfide) groups is 1. The number of rotatable bonds is 10. The smallest absolute Gasteiger partial charge is 0.257 e. The van der Waals surface area contributed by atoms with Gasteiger partial charge in [0.2, 0.25) is 5.13 Å². The topological polar surface area (TPSA) is 64.1 Å². The number of nitrogens with zero attached hydrogens (tertiary/aromatic N) is 2. The maximum absolute atomic E-state index is 12.6. The number of amides is 1. The molecule has 0 atom stereocenters. The van der Waals surface area contributed by atoms with Crippen molar-refractivity contribution in [2.75, 3.05) is 11.9 Å². The van der Waals surface area contributed by atoms with Crippen LogP contribution in [0.3, 0.4) is 0 Å². The molecule has 0 fully saturated rings. The molecule has 1 N–H and O–H groups in total. The van der Waals surface area contributed by atoms with E-state index in [0.717, 1.165) is 29.4 Å². The monoisotopic (exact) mass is 481 g/mol. The number of benzene rings is 2. The molecule has 0 aliphatic carbocycles. The Bertz CT molecular complexity index is 960. The molecule has 30 heavy (non-hydrogen) atoms. The molecule has 1 heterocycles. The zero-order valence-electron chi connectivity index (χ0n) is 16.4. The summed E-state index contributed by atoms with van der Waals surface area (Å²) in [7, 11) is 0. The Morgan fingerprint density at radius 3 is 2.57 bits per heavy atom. The molecule has 158 valence electrons. The predicted octanol–water partition coefficient (Wildman–Crippen LogP) is 6.96. The fourth-order valence-corrected chi connectivity index (χ4v) is 4.86. The second kappa shape index (κ2) is 11.6. The fourth-order valence-electron chi connectivity index (χ4n) is 2.56. The lowest BCUT2D eigenvalue weighted by Gasteiger charge is -2.11. The highest BCUT2D eigenvalue weighted by Crippen LogP contribution is 2.35. The molecule has 1 amide bonds. The minimum absolute atomic E-state index is 0.306. The Kier molecular flexibility index (Phi) is 8.81. The van der Waals surface area contributed by atoms with Crippen molar-refractivity contribution < 1.29 is 9.53 Å². The summed E-state index contributed by atoms with van der Waals surface area (Å²) >= 11 is 15.5. The number of halogens is 2. The lowest BCUT2D eigenvalue weighted by Crippen LogP contribution is -2.12. The molecule has 0 saturated heterocycles.